The molecule has 0 saturated heterocycles. The molecule has 25 heavy (non-hydrogen) atoms. The summed E-state index contributed by atoms with van der Waals surface area (Å²) in [6.45, 7) is 1.88. The first-order valence-corrected chi connectivity index (χ1v) is 8.96. The molecule has 4 heterocycles. The Morgan fingerprint density at radius 2 is 2.20 bits per heavy atom. The number of rotatable bonds is 3. The van der Waals surface area contributed by atoms with Crippen LogP contribution in [-0.2, 0) is 0 Å². The molecule has 0 aliphatic rings. The normalized spacial score (nSPS) is 10.9. The van der Waals surface area contributed by atoms with Gasteiger partial charge in [-0.25, -0.2) is 9.97 Å². The monoisotopic (exact) mass is 369 g/mol. The van der Waals surface area contributed by atoms with Crippen molar-refractivity contribution in [2.24, 2.45) is 0 Å². The van der Waals surface area contributed by atoms with Gasteiger partial charge in [0, 0.05) is 40.6 Å². The fraction of sp³-hybridized carbons (Fsp3) is 0.0625. The van der Waals surface area contributed by atoms with E-state index in [1.807, 2.05) is 24.4 Å². The lowest BCUT2D eigenvalue weighted by atomic mass is 10.2. The van der Waals surface area contributed by atoms with Gasteiger partial charge >= 0.3 is 0 Å². The number of hydrogen-bond donors (Lipinski definition) is 1. The summed E-state index contributed by atoms with van der Waals surface area (Å²) in [7, 11) is 0. The number of amides is 1. The van der Waals surface area contributed by atoms with Crippen molar-refractivity contribution in [3.63, 3.8) is 0 Å². The van der Waals surface area contributed by atoms with Crippen LogP contribution in [0.2, 0.25) is 0 Å². The lowest BCUT2D eigenvalue weighted by Crippen LogP contribution is -2.25. The van der Waals surface area contributed by atoms with E-state index in [-0.39, 0.29) is 5.56 Å². The van der Waals surface area contributed by atoms with E-state index in [9.17, 15) is 9.59 Å². The maximum atomic E-state index is 12.4. The largest absolute Gasteiger partial charge is 0.298 e. The minimum absolute atomic E-state index is 0.0200. The second kappa shape index (κ2) is 6.19. The van der Waals surface area contributed by atoms with Crippen LogP contribution < -0.4 is 10.9 Å². The highest BCUT2D eigenvalue weighted by molar-refractivity contribution is 7.17. The lowest BCUT2D eigenvalue weighted by molar-refractivity contribution is 0.102. The van der Waals surface area contributed by atoms with Gasteiger partial charge in [-0.05, 0) is 19.1 Å². The summed E-state index contributed by atoms with van der Waals surface area (Å²) in [4.78, 5) is 39.0. The Balaban J connectivity index is 1.61. The van der Waals surface area contributed by atoms with Gasteiger partial charge in [-0.15, -0.1) is 22.7 Å². The average molecular weight is 369 g/mol. The Labute approximate surface area is 149 Å². The molecular formula is C16H11N5O2S2. The van der Waals surface area contributed by atoms with E-state index < -0.39 is 11.5 Å². The molecule has 1 N–H and O–H groups in total. The third-order valence-corrected chi connectivity index (χ3v) is 5.12. The molecule has 0 radical (unpaired) electrons. The second-order valence-electron chi connectivity index (χ2n) is 5.21. The molecule has 0 aliphatic carbocycles. The number of nitrogens with one attached hydrogen (secondary N) is 1. The minimum atomic E-state index is -0.525. The van der Waals surface area contributed by atoms with Crippen LogP contribution in [0.4, 0.5) is 5.13 Å². The van der Waals surface area contributed by atoms with Gasteiger partial charge in [0.1, 0.15) is 5.56 Å². The summed E-state index contributed by atoms with van der Waals surface area (Å²) in [6.07, 6.45) is 6.36. The number of aromatic nitrogens is 4. The van der Waals surface area contributed by atoms with Crippen LogP contribution in [0.3, 0.4) is 0 Å². The molecule has 1 amide bonds. The first-order valence-electron chi connectivity index (χ1n) is 7.27. The highest BCUT2D eigenvalue weighted by atomic mass is 32.1. The van der Waals surface area contributed by atoms with Crippen molar-refractivity contribution in [2.75, 3.05) is 5.32 Å². The Morgan fingerprint density at radius 1 is 1.32 bits per heavy atom. The van der Waals surface area contributed by atoms with Crippen molar-refractivity contribution in [1.82, 2.24) is 19.4 Å². The van der Waals surface area contributed by atoms with E-state index >= 15 is 0 Å². The number of nitrogens with zero attached hydrogens (tertiary/aromatic N) is 4. The molecule has 0 fully saturated rings. The van der Waals surface area contributed by atoms with Crippen molar-refractivity contribution in [3.05, 3.63) is 63.1 Å². The van der Waals surface area contributed by atoms with Crippen molar-refractivity contribution < 1.29 is 4.79 Å². The van der Waals surface area contributed by atoms with Gasteiger partial charge < -0.3 is 0 Å². The molecule has 0 bridgehead atoms. The van der Waals surface area contributed by atoms with Crippen molar-refractivity contribution in [2.45, 2.75) is 6.92 Å². The summed E-state index contributed by atoms with van der Waals surface area (Å²) in [5.41, 5.74) is 1.16. The van der Waals surface area contributed by atoms with Gasteiger partial charge in [-0.2, -0.15) is 0 Å². The smallest absolute Gasteiger partial charge is 0.271 e. The number of carbonyl (C=O) groups excluding carboxylic acids is 1. The van der Waals surface area contributed by atoms with E-state index in [1.165, 1.54) is 33.3 Å². The van der Waals surface area contributed by atoms with E-state index in [0.717, 1.165) is 10.4 Å². The molecule has 0 aliphatic heterocycles. The number of fused-ring (bicyclic) bond motifs is 1. The Hall–Kier alpha value is -2.91. The number of carbonyl (C=O) groups is 1. The Kier molecular flexibility index (Phi) is 3.86. The molecule has 7 nitrogen and oxygen atoms in total. The summed E-state index contributed by atoms with van der Waals surface area (Å²) in [5, 5.41) is 4.89. The highest BCUT2D eigenvalue weighted by Crippen LogP contribution is 2.24. The van der Waals surface area contributed by atoms with Crippen LogP contribution >= 0.6 is 22.7 Å². The molecule has 0 saturated carbocycles. The van der Waals surface area contributed by atoms with E-state index in [2.05, 4.69) is 20.3 Å². The SMILES string of the molecule is Cc1cn2c(=O)c(C(=O)Nc3nc(-c4cccnc4)cs3)cnc2s1. The summed E-state index contributed by atoms with van der Waals surface area (Å²) < 4.78 is 1.39. The van der Waals surface area contributed by atoms with Crippen LogP contribution in [0.15, 0.2) is 47.1 Å². The Bertz CT molecular complexity index is 1130. The quantitative estimate of drug-likeness (QED) is 0.600. The highest BCUT2D eigenvalue weighted by Gasteiger charge is 2.16. The van der Waals surface area contributed by atoms with Crippen molar-refractivity contribution in [1.29, 1.82) is 0 Å². The lowest BCUT2D eigenvalue weighted by Gasteiger charge is -2.01. The molecule has 0 unspecified atom stereocenters. The Morgan fingerprint density at radius 3 is 3.00 bits per heavy atom. The number of aryl methyl sites for hydroxylation is 1. The van der Waals surface area contributed by atoms with Gasteiger partial charge in [0.25, 0.3) is 11.5 Å². The molecule has 0 spiro atoms. The zero-order chi connectivity index (χ0) is 17.4. The number of anilines is 1. The average Bonchev–Trinajstić information content (AvgIpc) is 3.22. The van der Waals surface area contributed by atoms with Crippen molar-refractivity contribution in [3.8, 4) is 11.3 Å². The molecule has 4 aromatic rings. The van der Waals surface area contributed by atoms with Crippen LogP contribution in [0, 0.1) is 6.92 Å². The third kappa shape index (κ3) is 2.94. The minimum Gasteiger partial charge on any atom is -0.298 e. The van der Waals surface area contributed by atoms with Crippen LogP contribution in [0.5, 0.6) is 0 Å². The maximum Gasteiger partial charge on any atom is 0.271 e. The van der Waals surface area contributed by atoms with E-state index in [4.69, 9.17) is 0 Å². The number of hydrogen-bond acceptors (Lipinski definition) is 7. The maximum absolute atomic E-state index is 12.4. The molecule has 9 heteroatoms. The number of pyridine rings is 1. The zero-order valence-corrected chi connectivity index (χ0v) is 14.6. The van der Waals surface area contributed by atoms with Gasteiger partial charge in [-0.1, -0.05) is 0 Å². The summed E-state index contributed by atoms with van der Waals surface area (Å²) >= 11 is 2.68. The molecule has 4 aromatic heterocycles. The molecule has 124 valence electrons. The predicted octanol–water partition coefficient (Wildman–Crippen LogP) is 2.84. The van der Waals surface area contributed by atoms with E-state index in [0.29, 0.717) is 15.8 Å². The molecule has 4 rings (SSSR count). The first kappa shape index (κ1) is 15.6. The summed E-state index contributed by atoms with van der Waals surface area (Å²) in [6, 6.07) is 3.70. The van der Waals surface area contributed by atoms with Gasteiger partial charge in [-0.3, -0.25) is 24.3 Å². The van der Waals surface area contributed by atoms with Crippen LogP contribution in [0.25, 0.3) is 16.2 Å². The predicted molar refractivity (Wildman–Crippen MR) is 97.4 cm³/mol. The topological polar surface area (TPSA) is 89.2 Å². The fourth-order valence-corrected chi connectivity index (χ4v) is 3.79. The van der Waals surface area contributed by atoms with Gasteiger partial charge in [0.2, 0.25) is 0 Å². The van der Waals surface area contributed by atoms with Crippen molar-refractivity contribution >= 4 is 38.7 Å². The fourth-order valence-electron chi connectivity index (χ4n) is 2.29. The zero-order valence-electron chi connectivity index (χ0n) is 13.0. The summed E-state index contributed by atoms with van der Waals surface area (Å²) in [5.74, 6) is -0.525. The first-order chi connectivity index (χ1) is 12.1. The van der Waals surface area contributed by atoms with E-state index in [1.54, 1.807) is 18.6 Å². The second-order valence-corrected chi connectivity index (χ2v) is 7.28. The molecule has 0 aromatic carbocycles. The van der Waals surface area contributed by atoms with Crippen LogP contribution in [0.1, 0.15) is 15.2 Å². The third-order valence-electron chi connectivity index (χ3n) is 3.45. The standard InChI is InChI=1S/C16H11N5O2S2/c1-9-7-21-14(23)11(6-18-16(21)25-9)13(22)20-15-19-12(8-24-15)10-3-2-4-17-5-10/h2-8H,1H3,(H,19,20,22). The molecular weight excluding hydrogens is 358 g/mol. The molecule has 0 atom stereocenters. The van der Waals surface area contributed by atoms with Gasteiger partial charge in [0.05, 0.1) is 5.69 Å². The van der Waals surface area contributed by atoms with Gasteiger partial charge in [0.15, 0.2) is 10.1 Å². The van der Waals surface area contributed by atoms with Crippen LogP contribution in [-0.4, -0.2) is 25.3 Å². The number of thiazole rings is 2.